The number of carbonyl (C=O) groups is 1. The Morgan fingerprint density at radius 2 is 1.89 bits per heavy atom. The second-order valence-electron chi connectivity index (χ2n) is 4.51. The normalized spacial score (nSPS) is 22.6. The van der Waals surface area contributed by atoms with Crippen molar-refractivity contribution < 1.29 is 23.7 Å². The van der Waals surface area contributed by atoms with Crippen molar-refractivity contribution in [3.05, 3.63) is 23.8 Å². The fourth-order valence-electron chi connectivity index (χ4n) is 2.14. The van der Waals surface area contributed by atoms with Gasteiger partial charge in [-0.15, -0.1) is 0 Å². The van der Waals surface area contributed by atoms with E-state index >= 15 is 0 Å². The van der Waals surface area contributed by atoms with Crippen LogP contribution >= 0.6 is 0 Å². The molecule has 0 aliphatic carbocycles. The van der Waals surface area contributed by atoms with E-state index in [1.54, 1.807) is 18.2 Å². The Labute approximate surface area is 111 Å². The molecule has 2 aliphatic rings. The Morgan fingerprint density at radius 3 is 2.68 bits per heavy atom. The van der Waals surface area contributed by atoms with Crippen LogP contribution in [0.5, 0.6) is 11.5 Å². The van der Waals surface area contributed by atoms with E-state index in [9.17, 15) is 4.79 Å². The zero-order valence-electron chi connectivity index (χ0n) is 10.6. The van der Waals surface area contributed by atoms with Gasteiger partial charge in [-0.25, -0.2) is 0 Å². The van der Waals surface area contributed by atoms with E-state index in [0.29, 0.717) is 50.1 Å². The maximum absolute atomic E-state index is 12.3. The van der Waals surface area contributed by atoms with E-state index < -0.39 is 6.10 Å². The minimum absolute atomic E-state index is 0.0738. The van der Waals surface area contributed by atoms with E-state index in [2.05, 4.69) is 0 Å². The van der Waals surface area contributed by atoms with Gasteiger partial charge in [0.15, 0.2) is 17.3 Å². The summed E-state index contributed by atoms with van der Waals surface area (Å²) in [6.07, 6.45) is 0.329. The van der Waals surface area contributed by atoms with Gasteiger partial charge in [-0.05, 0) is 18.2 Å². The van der Waals surface area contributed by atoms with Gasteiger partial charge in [0.2, 0.25) is 0 Å². The van der Waals surface area contributed by atoms with Crippen molar-refractivity contribution in [3.8, 4) is 11.5 Å². The zero-order valence-corrected chi connectivity index (χ0v) is 10.6. The van der Waals surface area contributed by atoms with E-state index in [0.717, 1.165) is 6.42 Å². The predicted octanol–water partition coefficient (Wildman–Crippen LogP) is 1.45. The largest absolute Gasteiger partial charge is 0.490 e. The van der Waals surface area contributed by atoms with Crippen LogP contribution in [-0.2, 0) is 9.47 Å². The lowest BCUT2D eigenvalue weighted by atomic mass is 10.1. The molecule has 1 atom stereocenters. The fraction of sp³-hybridized carbons (Fsp3) is 0.500. The van der Waals surface area contributed by atoms with E-state index in [1.807, 2.05) is 0 Å². The van der Waals surface area contributed by atoms with Crippen LogP contribution in [0.2, 0.25) is 0 Å². The maximum Gasteiger partial charge on any atom is 0.194 e. The highest BCUT2D eigenvalue weighted by Gasteiger charge is 2.25. The molecule has 0 spiro atoms. The van der Waals surface area contributed by atoms with Gasteiger partial charge in [0.1, 0.15) is 6.10 Å². The Bertz CT molecular complexity index is 465. The molecule has 2 aliphatic heterocycles. The number of carbonyl (C=O) groups excluding carboxylic acids is 1. The molecule has 1 aromatic rings. The number of ether oxygens (including phenoxy) is 4. The molecule has 5 nitrogen and oxygen atoms in total. The van der Waals surface area contributed by atoms with Crippen LogP contribution < -0.4 is 9.47 Å². The van der Waals surface area contributed by atoms with Crippen molar-refractivity contribution in [3.63, 3.8) is 0 Å². The van der Waals surface area contributed by atoms with Crippen molar-refractivity contribution in [2.24, 2.45) is 0 Å². The van der Waals surface area contributed by atoms with Gasteiger partial charge >= 0.3 is 0 Å². The van der Waals surface area contributed by atoms with Gasteiger partial charge in [0.05, 0.1) is 33.0 Å². The van der Waals surface area contributed by atoms with Gasteiger partial charge in [0, 0.05) is 12.0 Å². The molecule has 19 heavy (non-hydrogen) atoms. The van der Waals surface area contributed by atoms with Crippen LogP contribution in [0.3, 0.4) is 0 Å². The van der Waals surface area contributed by atoms with Crippen molar-refractivity contribution in [2.45, 2.75) is 12.5 Å². The van der Waals surface area contributed by atoms with Gasteiger partial charge < -0.3 is 18.9 Å². The molecular formula is C14H16O5. The highest BCUT2D eigenvalue weighted by Crippen LogP contribution is 2.31. The van der Waals surface area contributed by atoms with Crippen LogP contribution in [0.4, 0.5) is 0 Å². The molecule has 0 amide bonds. The lowest BCUT2D eigenvalue weighted by Gasteiger charge is -2.22. The molecule has 102 valence electrons. The number of Topliss-reactive ketones (excluding diaryl/α,β-unsaturated/α-hetero) is 1. The van der Waals surface area contributed by atoms with Crippen LogP contribution in [0.15, 0.2) is 18.2 Å². The molecule has 1 fully saturated rings. The summed E-state index contributed by atoms with van der Waals surface area (Å²) in [4.78, 5) is 12.3. The number of fused-ring (bicyclic) bond motifs is 1. The number of benzene rings is 1. The summed E-state index contributed by atoms with van der Waals surface area (Å²) < 4.78 is 21.8. The first-order chi connectivity index (χ1) is 9.34. The molecule has 1 saturated heterocycles. The first-order valence-electron chi connectivity index (χ1n) is 6.48. The third-order valence-corrected chi connectivity index (χ3v) is 3.14. The monoisotopic (exact) mass is 264 g/mol. The summed E-state index contributed by atoms with van der Waals surface area (Å²) in [6.45, 7) is 2.56. The van der Waals surface area contributed by atoms with Gasteiger partial charge in [-0.3, -0.25) is 4.79 Å². The fourth-order valence-corrected chi connectivity index (χ4v) is 2.14. The van der Waals surface area contributed by atoms with Crippen LogP contribution in [-0.4, -0.2) is 44.9 Å². The summed E-state index contributed by atoms with van der Waals surface area (Å²) in [6, 6.07) is 5.24. The second-order valence-corrected chi connectivity index (χ2v) is 4.51. The topological polar surface area (TPSA) is 54.0 Å². The highest BCUT2D eigenvalue weighted by molar-refractivity contribution is 6.00. The Hall–Kier alpha value is -1.59. The Morgan fingerprint density at radius 1 is 1.05 bits per heavy atom. The molecule has 0 N–H and O–H groups in total. The molecule has 3 rings (SSSR count). The molecular weight excluding hydrogens is 248 g/mol. The van der Waals surface area contributed by atoms with Crippen molar-refractivity contribution in [1.29, 1.82) is 0 Å². The number of ketones is 1. The molecule has 0 bridgehead atoms. The van der Waals surface area contributed by atoms with Gasteiger partial charge in [0.25, 0.3) is 0 Å². The maximum atomic E-state index is 12.3. The molecule has 0 radical (unpaired) electrons. The van der Waals surface area contributed by atoms with Crippen molar-refractivity contribution in [1.82, 2.24) is 0 Å². The second kappa shape index (κ2) is 5.59. The van der Waals surface area contributed by atoms with Crippen molar-refractivity contribution in [2.75, 3.05) is 33.0 Å². The highest BCUT2D eigenvalue weighted by atomic mass is 16.6. The van der Waals surface area contributed by atoms with Crippen LogP contribution in [0.25, 0.3) is 0 Å². The molecule has 0 saturated carbocycles. The first kappa shape index (κ1) is 12.4. The summed E-state index contributed by atoms with van der Waals surface area (Å²) >= 11 is 0. The van der Waals surface area contributed by atoms with Gasteiger partial charge in [-0.2, -0.15) is 0 Å². The number of rotatable bonds is 2. The SMILES string of the molecule is O=C(c1ccc2c(c1)OCCCO2)C1COCCO1. The quantitative estimate of drug-likeness (QED) is 0.757. The molecule has 1 aromatic carbocycles. The van der Waals surface area contributed by atoms with E-state index in [4.69, 9.17) is 18.9 Å². The summed E-state index contributed by atoms with van der Waals surface area (Å²) in [7, 11) is 0. The lowest BCUT2D eigenvalue weighted by molar-refractivity contribution is -0.0719. The minimum Gasteiger partial charge on any atom is -0.490 e. The molecule has 5 heteroatoms. The smallest absolute Gasteiger partial charge is 0.194 e. The zero-order chi connectivity index (χ0) is 13.1. The van der Waals surface area contributed by atoms with Crippen LogP contribution in [0, 0.1) is 0 Å². The third kappa shape index (κ3) is 2.72. The van der Waals surface area contributed by atoms with Crippen LogP contribution in [0.1, 0.15) is 16.8 Å². The summed E-state index contributed by atoms with van der Waals surface area (Å²) in [5.74, 6) is 1.24. The third-order valence-electron chi connectivity index (χ3n) is 3.14. The van der Waals surface area contributed by atoms with E-state index in [1.165, 1.54) is 0 Å². The van der Waals surface area contributed by atoms with Crippen molar-refractivity contribution >= 4 is 5.78 Å². The predicted molar refractivity (Wildman–Crippen MR) is 66.9 cm³/mol. The Balaban J connectivity index is 1.80. The molecule has 0 aromatic heterocycles. The number of hydrogen-bond donors (Lipinski definition) is 0. The average Bonchev–Trinajstić information content (AvgIpc) is 2.72. The summed E-state index contributed by atoms with van der Waals surface area (Å²) in [5.41, 5.74) is 0.569. The standard InChI is InChI=1S/C14H16O5/c15-14(13-9-16-6-7-19-13)10-2-3-11-12(8-10)18-5-1-4-17-11/h2-3,8,13H,1,4-7,9H2. The van der Waals surface area contributed by atoms with E-state index in [-0.39, 0.29) is 5.78 Å². The van der Waals surface area contributed by atoms with Gasteiger partial charge in [-0.1, -0.05) is 0 Å². The lowest BCUT2D eigenvalue weighted by Crippen LogP contribution is -2.35. The summed E-state index contributed by atoms with van der Waals surface area (Å²) in [5, 5.41) is 0. The minimum atomic E-state index is -0.515. The first-order valence-corrected chi connectivity index (χ1v) is 6.48. The average molecular weight is 264 g/mol. The molecule has 2 heterocycles. The number of hydrogen-bond acceptors (Lipinski definition) is 5. The Kier molecular flexibility index (Phi) is 3.66. The molecule has 1 unspecified atom stereocenters.